The summed E-state index contributed by atoms with van der Waals surface area (Å²) in [5.41, 5.74) is 6.90. The van der Waals surface area contributed by atoms with Crippen molar-refractivity contribution < 1.29 is 19.1 Å². The Morgan fingerprint density at radius 2 is 1.95 bits per heavy atom. The number of fused-ring (bicyclic) bond motifs is 1. The van der Waals surface area contributed by atoms with Crippen molar-refractivity contribution in [3.8, 4) is 11.5 Å². The second-order valence-corrected chi connectivity index (χ2v) is 4.76. The fourth-order valence-corrected chi connectivity index (χ4v) is 2.11. The zero-order valence-electron chi connectivity index (χ0n) is 11.1. The largest absolute Gasteiger partial charge is 0.425 e. The van der Waals surface area contributed by atoms with E-state index in [-0.39, 0.29) is 0 Å². The molecular formula is C16H13NO4. The van der Waals surface area contributed by atoms with E-state index in [4.69, 9.17) is 15.2 Å². The molecule has 0 radical (unpaired) electrons. The van der Waals surface area contributed by atoms with Crippen LogP contribution < -0.4 is 15.2 Å². The van der Waals surface area contributed by atoms with Gasteiger partial charge in [0.25, 0.3) is 0 Å². The van der Waals surface area contributed by atoms with Gasteiger partial charge in [0.05, 0.1) is 5.56 Å². The van der Waals surface area contributed by atoms with Gasteiger partial charge in [-0.1, -0.05) is 24.3 Å². The number of benzene rings is 2. The number of carbonyl (C=O) groups excluding carboxylic acids is 2. The Balaban J connectivity index is 1.80. The van der Waals surface area contributed by atoms with Crippen LogP contribution in [0.5, 0.6) is 11.5 Å². The summed E-state index contributed by atoms with van der Waals surface area (Å²) in [6.07, 6.45) is 0.418. The molecule has 5 nitrogen and oxygen atoms in total. The summed E-state index contributed by atoms with van der Waals surface area (Å²) in [6, 6.07) is 13.0. The Hall–Kier alpha value is -2.66. The lowest BCUT2D eigenvalue weighted by Gasteiger charge is -2.20. The molecule has 2 aromatic rings. The Morgan fingerprint density at radius 3 is 2.71 bits per heavy atom. The molecule has 0 amide bonds. The predicted molar refractivity (Wildman–Crippen MR) is 75.2 cm³/mol. The van der Waals surface area contributed by atoms with Crippen LogP contribution >= 0.6 is 0 Å². The first-order valence-corrected chi connectivity index (χ1v) is 6.51. The molecule has 0 saturated carbocycles. The fourth-order valence-electron chi connectivity index (χ4n) is 2.11. The van der Waals surface area contributed by atoms with Crippen LogP contribution in [0.2, 0.25) is 0 Å². The average molecular weight is 283 g/mol. The summed E-state index contributed by atoms with van der Waals surface area (Å²) in [5.74, 6) is -0.227. The lowest BCUT2D eigenvalue weighted by molar-refractivity contribution is -0.136. The summed E-state index contributed by atoms with van der Waals surface area (Å²) in [7, 11) is 0. The van der Waals surface area contributed by atoms with Crippen LogP contribution in [-0.4, -0.2) is 18.0 Å². The third-order valence-corrected chi connectivity index (χ3v) is 3.21. The molecule has 2 aromatic carbocycles. The van der Waals surface area contributed by atoms with Crippen LogP contribution in [0.3, 0.4) is 0 Å². The van der Waals surface area contributed by atoms with Crippen molar-refractivity contribution in [3.63, 3.8) is 0 Å². The van der Waals surface area contributed by atoms with Gasteiger partial charge in [-0.3, -0.25) is 0 Å². The van der Waals surface area contributed by atoms with Gasteiger partial charge in [0.1, 0.15) is 17.5 Å². The van der Waals surface area contributed by atoms with E-state index in [1.807, 2.05) is 6.07 Å². The number of hydrogen-bond acceptors (Lipinski definition) is 5. The molecule has 0 fully saturated rings. The molecule has 0 saturated heterocycles. The zero-order chi connectivity index (χ0) is 14.8. The highest BCUT2D eigenvalue weighted by Crippen LogP contribution is 2.29. The van der Waals surface area contributed by atoms with Gasteiger partial charge in [-0.05, 0) is 23.8 Å². The van der Waals surface area contributed by atoms with Crippen LogP contribution in [0, 0.1) is 0 Å². The van der Waals surface area contributed by atoms with E-state index in [1.165, 1.54) is 6.07 Å². The van der Waals surface area contributed by atoms with E-state index in [1.54, 1.807) is 36.4 Å². The molecule has 1 atom stereocenters. The molecule has 21 heavy (non-hydrogen) atoms. The van der Waals surface area contributed by atoms with Crippen LogP contribution in [0.4, 0.5) is 0 Å². The minimum absolute atomic E-state index is 0.325. The predicted octanol–water partition coefficient (Wildman–Crippen LogP) is 1.69. The first-order chi connectivity index (χ1) is 10.1. The fraction of sp³-hybridized carbons (Fsp3) is 0.125. The molecule has 0 aliphatic carbocycles. The highest BCUT2D eigenvalue weighted by molar-refractivity contribution is 5.91. The van der Waals surface area contributed by atoms with Crippen molar-refractivity contribution in [3.05, 3.63) is 59.7 Å². The van der Waals surface area contributed by atoms with E-state index in [0.29, 0.717) is 23.5 Å². The van der Waals surface area contributed by atoms with E-state index >= 15 is 0 Å². The van der Waals surface area contributed by atoms with Gasteiger partial charge in [0.2, 0.25) is 0 Å². The molecule has 1 heterocycles. The minimum Gasteiger partial charge on any atom is -0.425 e. The number of rotatable bonds is 2. The maximum absolute atomic E-state index is 11.9. The van der Waals surface area contributed by atoms with Crippen LogP contribution in [0.15, 0.2) is 48.5 Å². The summed E-state index contributed by atoms with van der Waals surface area (Å²) in [6.45, 7) is 0. The lowest BCUT2D eigenvalue weighted by atomic mass is 10.0. The lowest BCUT2D eigenvalue weighted by Crippen LogP contribution is -2.39. The normalized spacial score (nSPS) is 16.8. The number of esters is 2. The Labute approximate surface area is 121 Å². The molecular weight excluding hydrogens is 270 g/mol. The summed E-state index contributed by atoms with van der Waals surface area (Å²) >= 11 is 0. The van der Waals surface area contributed by atoms with Crippen LogP contribution in [0.1, 0.15) is 15.9 Å². The zero-order valence-corrected chi connectivity index (χ0v) is 11.1. The molecule has 5 heteroatoms. The minimum atomic E-state index is -0.643. The molecule has 2 N–H and O–H groups in total. The monoisotopic (exact) mass is 283 g/mol. The molecule has 1 aliphatic rings. The van der Waals surface area contributed by atoms with Gasteiger partial charge < -0.3 is 15.2 Å². The third-order valence-electron chi connectivity index (χ3n) is 3.21. The maximum atomic E-state index is 11.9. The summed E-state index contributed by atoms with van der Waals surface area (Å²) in [5, 5.41) is 0. The van der Waals surface area contributed by atoms with Crippen molar-refractivity contribution in [1.29, 1.82) is 0 Å². The van der Waals surface area contributed by atoms with E-state index in [9.17, 15) is 9.59 Å². The molecule has 0 aromatic heterocycles. The highest BCUT2D eigenvalue weighted by atomic mass is 16.5. The smallest absolute Gasteiger partial charge is 0.343 e. The van der Waals surface area contributed by atoms with Crippen LogP contribution in [0.25, 0.3) is 0 Å². The van der Waals surface area contributed by atoms with Crippen molar-refractivity contribution in [2.24, 2.45) is 5.73 Å². The Morgan fingerprint density at radius 1 is 1.19 bits per heavy atom. The van der Waals surface area contributed by atoms with Gasteiger partial charge >= 0.3 is 11.9 Å². The topological polar surface area (TPSA) is 78.6 Å². The molecule has 106 valence electrons. The Kier molecular flexibility index (Phi) is 3.41. The van der Waals surface area contributed by atoms with Gasteiger partial charge in [0.15, 0.2) is 0 Å². The molecule has 3 rings (SSSR count). The van der Waals surface area contributed by atoms with Crippen molar-refractivity contribution in [2.45, 2.75) is 12.5 Å². The molecule has 0 spiro atoms. The van der Waals surface area contributed by atoms with Crippen molar-refractivity contribution >= 4 is 11.9 Å². The Bertz CT molecular complexity index is 697. The van der Waals surface area contributed by atoms with E-state index in [2.05, 4.69) is 0 Å². The SMILES string of the molecule is NC1Cc2ccc(OC(=O)c3ccccc3)cc2OC1=O. The quantitative estimate of drug-likeness (QED) is 0.670. The van der Waals surface area contributed by atoms with Gasteiger partial charge in [-0.2, -0.15) is 0 Å². The van der Waals surface area contributed by atoms with Gasteiger partial charge in [-0.15, -0.1) is 0 Å². The number of ether oxygens (including phenoxy) is 2. The van der Waals surface area contributed by atoms with E-state index < -0.39 is 18.0 Å². The molecule has 1 aliphatic heterocycles. The summed E-state index contributed by atoms with van der Waals surface area (Å²) in [4.78, 5) is 23.4. The third kappa shape index (κ3) is 2.78. The van der Waals surface area contributed by atoms with Crippen LogP contribution in [-0.2, 0) is 11.2 Å². The average Bonchev–Trinajstić information content (AvgIpc) is 2.49. The maximum Gasteiger partial charge on any atom is 0.343 e. The van der Waals surface area contributed by atoms with E-state index in [0.717, 1.165) is 5.56 Å². The van der Waals surface area contributed by atoms with Gasteiger partial charge in [-0.25, -0.2) is 9.59 Å². The second-order valence-electron chi connectivity index (χ2n) is 4.76. The molecule has 0 bridgehead atoms. The summed E-state index contributed by atoms with van der Waals surface area (Å²) < 4.78 is 10.4. The number of nitrogens with two attached hydrogens (primary N) is 1. The second kappa shape index (κ2) is 5.38. The van der Waals surface area contributed by atoms with Crippen molar-refractivity contribution in [1.82, 2.24) is 0 Å². The van der Waals surface area contributed by atoms with Crippen molar-refractivity contribution in [2.75, 3.05) is 0 Å². The number of carbonyl (C=O) groups is 2. The molecule has 1 unspecified atom stereocenters. The first-order valence-electron chi connectivity index (χ1n) is 6.51. The number of hydrogen-bond donors (Lipinski definition) is 1. The standard InChI is InChI=1S/C16H13NO4/c17-13-8-11-6-7-12(9-14(11)21-16(13)19)20-15(18)10-4-2-1-3-5-10/h1-7,9,13H,8,17H2. The van der Waals surface area contributed by atoms with Gasteiger partial charge in [0, 0.05) is 12.5 Å². The highest BCUT2D eigenvalue weighted by Gasteiger charge is 2.25. The first kappa shape index (κ1) is 13.3.